The van der Waals surface area contributed by atoms with Gasteiger partial charge in [0.2, 0.25) is 15.9 Å². The summed E-state index contributed by atoms with van der Waals surface area (Å²) in [6, 6.07) is 0. The first-order valence-corrected chi connectivity index (χ1v) is 6.79. The van der Waals surface area contributed by atoms with E-state index in [1.54, 1.807) is 0 Å². The predicted octanol–water partition coefficient (Wildman–Crippen LogP) is -1.97. The summed E-state index contributed by atoms with van der Waals surface area (Å²) in [5, 5.41) is 20.8. The van der Waals surface area contributed by atoms with Gasteiger partial charge in [-0.3, -0.25) is 4.79 Å². The maximum atomic E-state index is 11.4. The molecule has 0 saturated heterocycles. The van der Waals surface area contributed by atoms with Gasteiger partial charge in [0.05, 0.1) is 12.4 Å². The van der Waals surface area contributed by atoms with E-state index in [1.807, 2.05) is 0 Å². The lowest BCUT2D eigenvalue weighted by atomic mass is 9.87. The van der Waals surface area contributed by atoms with Crippen molar-refractivity contribution in [3.8, 4) is 0 Å². The van der Waals surface area contributed by atoms with Crippen molar-refractivity contribution in [2.24, 2.45) is 5.41 Å². The van der Waals surface area contributed by atoms with Crippen LogP contribution >= 0.6 is 0 Å². The summed E-state index contributed by atoms with van der Waals surface area (Å²) >= 11 is 0. The van der Waals surface area contributed by atoms with Gasteiger partial charge in [-0.15, -0.1) is 0 Å². The maximum absolute atomic E-state index is 11.4. The van der Waals surface area contributed by atoms with Crippen molar-refractivity contribution >= 4 is 15.9 Å². The topological polar surface area (TPSA) is 116 Å². The molecule has 0 radical (unpaired) electrons. The molecule has 1 amide bonds. The minimum Gasteiger partial charge on any atom is -0.396 e. The highest BCUT2D eigenvalue weighted by Crippen LogP contribution is 2.19. The molecule has 0 aromatic heterocycles. The van der Waals surface area contributed by atoms with Crippen molar-refractivity contribution in [3.05, 3.63) is 0 Å². The van der Waals surface area contributed by atoms with Crippen LogP contribution in [0.2, 0.25) is 0 Å². The highest BCUT2D eigenvalue weighted by molar-refractivity contribution is 7.89. The van der Waals surface area contributed by atoms with E-state index in [2.05, 4.69) is 10.0 Å². The normalized spacial score (nSPS) is 14.4. The highest BCUT2D eigenvalue weighted by Gasteiger charge is 2.32. The molecule has 1 unspecified atom stereocenters. The minimum atomic E-state index is -3.38. The average molecular weight is 268 g/mol. The van der Waals surface area contributed by atoms with Gasteiger partial charge < -0.3 is 15.5 Å². The fraction of sp³-hybridized carbons (Fsp3) is 0.889. The van der Waals surface area contributed by atoms with E-state index in [1.165, 1.54) is 20.9 Å². The predicted molar refractivity (Wildman–Crippen MR) is 62.7 cm³/mol. The molecular formula is C9H20N2O5S. The summed E-state index contributed by atoms with van der Waals surface area (Å²) in [5.74, 6) is -0.961. The van der Waals surface area contributed by atoms with E-state index in [0.29, 0.717) is 0 Å². The largest absolute Gasteiger partial charge is 0.396 e. The quantitative estimate of drug-likeness (QED) is 0.427. The van der Waals surface area contributed by atoms with Crippen molar-refractivity contribution in [1.82, 2.24) is 10.0 Å². The second-order valence-corrected chi connectivity index (χ2v) is 6.41. The van der Waals surface area contributed by atoms with Crippen LogP contribution in [0.25, 0.3) is 0 Å². The van der Waals surface area contributed by atoms with Crippen LogP contribution in [0.15, 0.2) is 0 Å². The molecule has 0 fully saturated rings. The first-order chi connectivity index (χ1) is 7.66. The second kappa shape index (κ2) is 6.29. The van der Waals surface area contributed by atoms with E-state index >= 15 is 0 Å². The summed E-state index contributed by atoms with van der Waals surface area (Å²) in [6.45, 7) is 2.61. The molecule has 0 aromatic rings. The molecular weight excluding hydrogens is 248 g/mol. The molecule has 7 nitrogen and oxygen atoms in total. The lowest BCUT2D eigenvalue weighted by Crippen LogP contribution is -2.46. The fourth-order valence-electron chi connectivity index (χ4n) is 0.949. The van der Waals surface area contributed by atoms with Crippen molar-refractivity contribution in [3.63, 3.8) is 0 Å². The highest BCUT2D eigenvalue weighted by atomic mass is 32.2. The first kappa shape index (κ1) is 16.3. The molecule has 0 spiro atoms. The molecule has 0 saturated carbocycles. The molecule has 1 atom stereocenters. The number of nitrogens with one attached hydrogen (secondary N) is 2. The number of hydrogen-bond acceptors (Lipinski definition) is 5. The summed E-state index contributed by atoms with van der Waals surface area (Å²) in [6.07, 6.45) is -1.38. The number of aliphatic hydroxyl groups is 2. The second-order valence-electron chi connectivity index (χ2n) is 4.36. The molecule has 0 aromatic carbocycles. The van der Waals surface area contributed by atoms with Gasteiger partial charge in [-0.1, -0.05) is 13.8 Å². The molecule has 102 valence electrons. The Kier molecular flexibility index (Phi) is 6.03. The Balaban J connectivity index is 4.21. The fourth-order valence-corrected chi connectivity index (χ4v) is 1.52. The number of sulfonamides is 1. The Morgan fingerprint density at radius 1 is 1.41 bits per heavy atom. The summed E-state index contributed by atoms with van der Waals surface area (Å²) in [7, 11) is -2.10. The number of rotatable bonds is 7. The van der Waals surface area contributed by atoms with Crippen molar-refractivity contribution < 1.29 is 23.4 Å². The Hall–Kier alpha value is -0.700. The van der Waals surface area contributed by atoms with Gasteiger partial charge >= 0.3 is 0 Å². The Bertz CT molecular complexity index is 352. The number of aliphatic hydroxyl groups excluding tert-OH is 2. The van der Waals surface area contributed by atoms with Crippen molar-refractivity contribution in [1.29, 1.82) is 0 Å². The molecule has 8 heteroatoms. The summed E-state index contributed by atoms with van der Waals surface area (Å²) in [5.41, 5.74) is -0.966. The zero-order chi connectivity index (χ0) is 13.7. The molecule has 0 aliphatic rings. The summed E-state index contributed by atoms with van der Waals surface area (Å²) < 4.78 is 24.2. The first-order valence-electron chi connectivity index (χ1n) is 5.14. The smallest absolute Gasteiger partial charge is 0.249 e. The van der Waals surface area contributed by atoms with Crippen LogP contribution in [0, 0.1) is 5.41 Å². The zero-order valence-electron chi connectivity index (χ0n) is 10.2. The summed E-state index contributed by atoms with van der Waals surface area (Å²) in [4.78, 5) is 11.4. The average Bonchev–Trinajstić information content (AvgIpc) is 2.27. The standard InChI is InChI=1S/C9H20N2O5S/c1-9(2,6-12)7(13)8(14)11-4-5-17(15,16)10-3/h7,10,12-13H,4-6H2,1-3H3,(H,11,14). The van der Waals surface area contributed by atoms with Crippen molar-refractivity contribution in [2.75, 3.05) is 26.0 Å². The molecule has 0 aliphatic heterocycles. The van der Waals surface area contributed by atoms with Gasteiger partial charge in [0.25, 0.3) is 0 Å². The van der Waals surface area contributed by atoms with Gasteiger partial charge in [-0.2, -0.15) is 0 Å². The molecule has 0 rings (SSSR count). The third-order valence-electron chi connectivity index (χ3n) is 2.38. The lowest BCUT2D eigenvalue weighted by molar-refractivity contribution is -0.136. The molecule has 4 N–H and O–H groups in total. The number of hydrogen-bond donors (Lipinski definition) is 4. The maximum Gasteiger partial charge on any atom is 0.249 e. The number of amides is 1. The van der Waals surface area contributed by atoms with Crippen LogP contribution in [0.5, 0.6) is 0 Å². The van der Waals surface area contributed by atoms with Crippen LogP contribution < -0.4 is 10.0 Å². The Morgan fingerprint density at radius 3 is 2.35 bits per heavy atom. The lowest BCUT2D eigenvalue weighted by Gasteiger charge is -2.27. The van der Waals surface area contributed by atoms with E-state index in [0.717, 1.165) is 0 Å². The van der Waals surface area contributed by atoms with E-state index in [4.69, 9.17) is 5.11 Å². The van der Waals surface area contributed by atoms with Gasteiger partial charge in [0, 0.05) is 12.0 Å². The number of carbonyl (C=O) groups is 1. The van der Waals surface area contributed by atoms with Crippen molar-refractivity contribution in [2.45, 2.75) is 20.0 Å². The SMILES string of the molecule is CNS(=O)(=O)CCNC(=O)C(O)C(C)(C)CO. The van der Waals surface area contributed by atoms with Crippen LogP contribution in [0.1, 0.15) is 13.8 Å². The molecule has 0 bridgehead atoms. The van der Waals surface area contributed by atoms with Crippen LogP contribution in [0.3, 0.4) is 0 Å². The zero-order valence-corrected chi connectivity index (χ0v) is 11.0. The third-order valence-corrected chi connectivity index (χ3v) is 3.74. The minimum absolute atomic E-state index is 0.0967. The number of carbonyl (C=O) groups excluding carboxylic acids is 1. The van der Waals surface area contributed by atoms with Crippen LogP contribution in [0.4, 0.5) is 0 Å². The van der Waals surface area contributed by atoms with Gasteiger partial charge in [-0.25, -0.2) is 13.1 Å². The molecule has 0 aliphatic carbocycles. The third kappa shape index (κ3) is 5.44. The Morgan fingerprint density at radius 2 is 1.94 bits per heavy atom. The van der Waals surface area contributed by atoms with E-state index in [9.17, 15) is 18.3 Å². The monoisotopic (exact) mass is 268 g/mol. The van der Waals surface area contributed by atoms with Gasteiger partial charge in [0.15, 0.2) is 0 Å². The van der Waals surface area contributed by atoms with E-state index < -0.39 is 27.4 Å². The molecule has 17 heavy (non-hydrogen) atoms. The van der Waals surface area contributed by atoms with E-state index in [-0.39, 0.29) is 18.9 Å². The Labute approximate surface area is 101 Å². The van der Waals surface area contributed by atoms with Gasteiger partial charge in [-0.05, 0) is 7.05 Å². The molecule has 0 heterocycles. The van der Waals surface area contributed by atoms with Crippen LogP contribution in [-0.4, -0.2) is 56.6 Å². The van der Waals surface area contributed by atoms with Crippen LogP contribution in [-0.2, 0) is 14.8 Å². The van der Waals surface area contributed by atoms with Gasteiger partial charge in [0.1, 0.15) is 6.10 Å².